The van der Waals surface area contributed by atoms with E-state index in [1.807, 2.05) is 12.1 Å². The fourth-order valence-corrected chi connectivity index (χ4v) is 3.62. The van der Waals surface area contributed by atoms with Crippen LogP contribution in [0.1, 0.15) is 11.6 Å². The second kappa shape index (κ2) is 13.4. The van der Waals surface area contributed by atoms with Crippen LogP contribution in [-0.2, 0) is 7.59 Å². The number of anilines is 2. The number of ether oxygens (including phenoxy) is 1. The van der Waals surface area contributed by atoms with Gasteiger partial charge in [0, 0.05) is 5.56 Å². The molecular weight excluding hydrogens is 685 g/mol. The normalized spacial score (nSPS) is 11.4. The molecule has 4 aromatic rings. The van der Waals surface area contributed by atoms with Crippen molar-refractivity contribution in [2.75, 3.05) is 12.4 Å². The van der Waals surface area contributed by atoms with Crippen LogP contribution in [0.5, 0.6) is 5.75 Å². The number of nitrogens with one attached hydrogen (secondary N) is 1. The summed E-state index contributed by atoms with van der Waals surface area (Å²) < 4.78 is 1.32. The highest BCUT2D eigenvalue weighted by Crippen LogP contribution is 2.40. The van der Waals surface area contributed by atoms with E-state index in [1.165, 1.54) is 0 Å². The molecule has 0 aliphatic carbocycles. The van der Waals surface area contributed by atoms with E-state index in [9.17, 15) is 0 Å². The van der Waals surface area contributed by atoms with Gasteiger partial charge in [0.15, 0.2) is 17.5 Å². The molecule has 0 saturated carbocycles. The van der Waals surface area contributed by atoms with Crippen LogP contribution >= 0.6 is 104 Å². The molecule has 38 heavy (non-hydrogen) atoms. The molecule has 0 fully saturated rings. The highest BCUT2D eigenvalue weighted by Gasteiger charge is 2.34. The zero-order valence-corrected chi connectivity index (χ0v) is 25.4. The molecule has 1 N–H and O–H groups in total. The summed E-state index contributed by atoms with van der Waals surface area (Å²) in [6, 6.07) is 14.1. The zero-order chi connectivity index (χ0) is 28.1. The minimum absolute atomic E-state index is 0.0227. The summed E-state index contributed by atoms with van der Waals surface area (Å²) in [7, 11) is 1.56. The number of alkyl halides is 6. The molecule has 8 nitrogen and oxygen atoms in total. The molecule has 2 aromatic carbocycles. The molecule has 4 rings (SSSR count). The number of benzene rings is 2. The van der Waals surface area contributed by atoms with E-state index < -0.39 is 7.59 Å². The van der Waals surface area contributed by atoms with Gasteiger partial charge in [0.2, 0.25) is 24.1 Å². The van der Waals surface area contributed by atoms with Crippen LogP contribution in [-0.4, -0.2) is 37.0 Å². The van der Waals surface area contributed by atoms with Crippen LogP contribution in [0, 0.1) is 0 Å². The van der Waals surface area contributed by atoms with Gasteiger partial charge in [-0.05, 0) is 59.6 Å². The summed E-state index contributed by atoms with van der Waals surface area (Å²) >= 11 is 52.1. The third-order valence-electron chi connectivity index (χ3n) is 4.19. The standard InChI is InChI=1S/C12H7Cl6N3O.C9H5Cl3N4/c1-22-7-4-2-6(3-5-7)8-19-9(11(13,14)15)21-10(20-8)12(16,17)18;10-5-3-1-2-4-6(5)13-9-15-7(11)14-8(12)16-9/h2-5H,1H3;1-4H,(H,13,14,15,16). The van der Waals surface area contributed by atoms with E-state index in [2.05, 4.69) is 35.2 Å². The SMILES string of the molecule is COc1ccc(-c2nc(C(Cl)(Cl)Cl)nc(C(Cl)(Cl)Cl)n2)cc1.Clc1nc(Cl)nc(Nc2ccccc2Cl)n1. The van der Waals surface area contributed by atoms with Crippen molar-refractivity contribution >= 4 is 116 Å². The summed E-state index contributed by atoms with van der Waals surface area (Å²) in [5.41, 5.74) is 1.29. The zero-order valence-electron chi connectivity index (χ0n) is 18.6. The Kier molecular flexibility index (Phi) is 11.0. The first-order chi connectivity index (χ1) is 17.8. The number of hydrogen-bond acceptors (Lipinski definition) is 8. The molecular formula is C21H12Cl9N7O. The lowest BCUT2D eigenvalue weighted by atomic mass is 10.2. The number of nitrogens with zero attached hydrogens (tertiary/aromatic N) is 6. The van der Waals surface area contributed by atoms with Crippen molar-refractivity contribution in [2.24, 2.45) is 0 Å². The van der Waals surface area contributed by atoms with Crippen molar-refractivity contribution < 1.29 is 4.74 Å². The molecule has 17 heteroatoms. The van der Waals surface area contributed by atoms with Crippen LogP contribution in [0.2, 0.25) is 15.6 Å². The Bertz CT molecular complexity index is 1340. The second-order valence-corrected chi connectivity index (χ2v) is 12.5. The lowest BCUT2D eigenvalue weighted by Gasteiger charge is -2.15. The van der Waals surface area contributed by atoms with Crippen molar-refractivity contribution in [2.45, 2.75) is 7.59 Å². The van der Waals surface area contributed by atoms with E-state index in [1.54, 1.807) is 43.5 Å². The van der Waals surface area contributed by atoms with Gasteiger partial charge in [-0.3, -0.25) is 0 Å². The van der Waals surface area contributed by atoms with Gasteiger partial charge in [-0.2, -0.15) is 15.0 Å². The fraction of sp³-hybridized carbons (Fsp3) is 0.143. The van der Waals surface area contributed by atoms with Gasteiger partial charge in [-0.15, -0.1) is 0 Å². The summed E-state index contributed by atoms with van der Waals surface area (Å²) in [4.78, 5) is 23.5. The summed E-state index contributed by atoms with van der Waals surface area (Å²) in [6.07, 6.45) is 0. The summed E-state index contributed by atoms with van der Waals surface area (Å²) in [5.74, 6) is 0.846. The molecule has 2 aromatic heterocycles. The number of halogens is 9. The molecule has 0 bridgehead atoms. The first kappa shape index (κ1) is 31.2. The Hall–Kier alpha value is -1.33. The van der Waals surface area contributed by atoms with Crippen molar-refractivity contribution in [1.29, 1.82) is 0 Å². The first-order valence-corrected chi connectivity index (χ1v) is 13.3. The largest absolute Gasteiger partial charge is 0.497 e. The monoisotopic (exact) mass is 693 g/mol. The predicted molar refractivity (Wildman–Crippen MR) is 155 cm³/mol. The van der Waals surface area contributed by atoms with E-state index in [0.717, 1.165) is 0 Å². The number of hydrogen-bond donors (Lipinski definition) is 1. The highest BCUT2D eigenvalue weighted by atomic mass is 35.6. The number of para-hydroxylation sites is 1. The second-order valence-electron chi connectivity index (χ2n) is 6.83. The highest BCUT2D eigenvalue weighted by molar-refractivity contribution is 6.67. The van der Waals surface area contributed by atoms with Crippen molar-refractivity contribution in [3.05, 3.63) is 75.8 Å². The van der Waals surface area contributed by atoms with Gasteiger partial charge in [-0.1, -0.05) is 93.3 Å². The first-order valence-electron chi connectivity index (χ1n) is 9.90. The maximum Gasteiger partial charge on any atom is 0.250 e. The van der Waals surface area contributed by atoms with E-state index in [-0.39, 0.29) is 34.0 Å². The van der Waals surface area contributed by atoms with Gasteiger partial charge in [0.25, 0.3) is 0 Å². The lowest BCUT2D eigenvalue weighted by molar-refractivity contribution is 0.415. The molecule has 2 heterocycles. The summed E-state index contributed by atoms with van der Waals surface area (Å²) in [5, 5.41) is 3.49. The maximum atomic E-state index is 5.95. The molecule has 0 unspecified atom stereocenters. The quantitative estimate of drug-likeness (QED) is 0.212. The Morgan fingerprint density at radius 2 is 1.18 bits per heavy atom. The van der Waals surface area contributed by atoms with Gasteiger partial charge in [0.1, 0.15) is 5.75 Å². The maximum absolute atomic E-state index is 5.95. The Morgan fingerprint density at radius 1 is 0.658 bits per heavy atom. The molecule has 0 spiro atoms. The third kappa shape index (κ3) is 9.11. The average Bonchev–Trinajstić information content (AvgIpc) is 2.84. The number of methoxy groups -OCH3 is 1. The van der Waals surface area contributed by atoms with Crippen LogP contribution in [0.3, 0.4) is 0 Å². The molecule has 0 atom stereocenters. The minimum atomic E-state index is -1.88. The third-order valence-corrected chi connectivity index (χ3v) is 5.87. The van der Waals surface area contributed by atoms with Crippen molar-refractivity contribution in [3.63, 3.8) is 0 Å². The van der Waals surface area contributed by atoms with Crippen LogP contribution in [0.4, 0.5) is 11.6 Å². The Morgan fingerprint density at radius 3 is 1.66 bits per heavy atom. The Labute approximate surface area is 261 Å². The molecule has 0 radical (unpaired) electrons. The van der Waals surface area contributed by atoms with Crippen LogP contribution in [0.15, 0.2) is 48.5 Å². The molecule has 200 valence electrons. The van der Waals surface area contributed by atoms with Gasteiger partial charge in [0.05, 0.1) is 17.8 Å². The topological polar surface area (TPSA) is 98.6 Å². The number of rotatable bonds is 4. The summed E-state index contributed by atoms with van der Waals surface area (Å²) in [6.45, 7) is 0. The predicted octanol–water partition coefficient (Wildman–Crippen LogP) is 8.78. The Balaban J connectivity index is 0.000000221. The van der Waals surface area contributed by atoms with E-state index in [4.69, 9.17) is 109 Å². The average molecular weight is 697 g/mol. The van der Waals surface area contributed by atoms with Gasteiger partial charge >= 0.3 is 0 Å². The minimum Gasteiger partial charge on any atom is -0.497 e. The van der Waals surface area contributed by atoms with Crippen molar-refractivity contribution in [3.8, 4) is 17.1 Å². The fourth-order valence-electron chi connectivity index (χ4n) is 2.56. The van der Waals surface area contributed by atoms with Crippen LogP contribution in [0.25, 0.3) is 11.4 Å². The smallest absolute Gasteiger partial charge is 0.250 e. The number of aromatic nitrogens is 6. The lowest BCUT2D eigenvalue weighted by Crippen LogP contribution is -2.16. The van der Waals surface area contributed by atoms with Crippen molar-refractivity contribution in [1.82, 2.24) is 29.9 Å². The van der Waals surface area contributed by atoms with E-state index in [0.29, 0.717) is 22.0 Å². The van der Waals surface area contributed by atoms with Gasteiger partial charge in [-0.25, -0.2) is 15.0 Å². The van der Waals surface area contributed by atoms with Crippen LogP contribution < -0.4 is 10.1 Å². The van der Waals surface area contributed by atoms with E-state index >= 15 is 0 Å². The molecule has 0 aliphatic heterocycles. The molecule has 0 saturated heterocycles. The van der Waals surface area contributed by atoms with Gasteiger partial charge < -0.3 is 10.1 Å². The molecule has 0 aliphatic rings. The molecule has 0 amide bonds.